The van der Waals surface area contributed by atoms with Gasteiger partial charge in [0.15, 0.2) is 29.9 Å². The summed E-state index contributed by atoms with van der Waals surface area (Å²) < 4.78 is 43.0. The predicted octanol–water partition coefficient (Wildman–Crippen LogP) is 1.69. The van der Waals surface area contributed by atoms with Crippen molar-refractivity contribution in [2.75, 3.05) is 13.2 Å². The van der Waals surface area contributed by atoms with E-state index in [1.54, 1.807) is 55.5 Å². The van der Waals surface area contributed by atoms with Crippen LogP contribution in [-0.2, 0) is 57.1 Å². The Labute approximate surface area is 393 Å². The van der Waals surface area contributed by atoms with E-state index < -0.39 is 150 Å². The number of benzene rings is 2. The molecule has 0 aromatic heterocycles. The summed E-state index contributed by atoms with van der Waals surface area (Å²) in [5.41, 5.74) is -7.85. The Morgan fingerprint density at radius 2 is 1.53 bits per heavy atom. The van der Waals surface area contributed by atoms with Crippen molar-refractivity contribution < 1.29 is 87.5 Å². The van der Waals surface area contributed by atoms with Crippen LogP contribution in [0.4, 0.5) is 0 Å². The standard InChI is InChI=1S/C49H61NO18/c1-8-15-33(54)50-35(27-16-11-9-12-17-27)37(56)44(60)65-30-21-49(61)42(67-43(59)28-18-13-10-14-19-28)40-47(7,41(58)39(64-25(3)51)34(24(30)2)46(49,5)6)31(20-32-48(40,23-63-32)68-26(4)52)66-45-38(57)36(55)29(53)22-62-45/h9-14,16-19,29-32,35-40,42,45,53,55-57,61H,8,15,20-23H2,1-7H3,(H,50,54)/t29-,30-,31-,32+,35-,36+,37+,38-,39+,40-,42-,45+,47+,48-,49+/m0/s1. The summed E-state index contributed by atoms with van der Waals surface area (Å²) in [7, 11) is 0. The smallest absolute Gasteiger partial charge is 0.338 e. The average molecular weight is 952 g/mol. The van der Waals surface area contributed by atoms with Crippen molar-refractivity contribution in [1.82, 2.24) is 5.32 Å². The number of carbonyl (C=O) groups excluding carboxylic acids is 6. The van der Waals surface area contributed by atoms with Crippen LogP contribution < -0.4 is 5.32 Å². The van der Waals surface area contributed by atoms with E-state index in [0.29, 0.717) is 12.0 Å². The number of amides is 1. The van der Waals surface area contributed by atoms with Gasteiger partial charge in [0, 0.05) is 38.5 Å². The van der Waals surface area contributed by atoms with Crippen LogP contribution in [0.1, 0.15) is 96.1 Å². The zero-order valence-electron chi connectivity index (χ0n) is 39.0. The van der Waals surface area contributed by atoms with Gasteiger partial charge >= 0.3 is 23.9 Å². The third-order valence-corrected chi connectivity index (χ3v) is 14.7. The molecule has 370 valence electrons. The first kappa shape index (κ1) is 50.7. The van der Waals surface area contributed by atoms with Crippen molar-refractivity contribution in [3.05, 3.63) is 82.9 Å². The van der Waals surface area contributed by atoms with Gasteiger partial charge in [-0.3, -0.25) is 19.2 Å². The van der Waals surface area contributed by atoms with Gasteiger partial charge in [0.05, 0.1) is 42.3 Å². The maximum atomic E-state index is 16.1. The molecule has 19 nitrogen and oxygen atoms in total. The highest BCUT2D eigenvalue weighted by Crippen LogP contribution is 2.65. The van der Waals surface area contributed by atoms with Gasteiger partial charge in [-0.25, -0.2) is 9.59 Å². The van der Waals surface area contributed by atoms with Gasteiger partial charge in [-0.2, -0.15) is 0 Å². The molecule has 2 saturated heterocycles. The van der Waals surface area contributed by atoms with Crippen molar-refractivity contribution >= 4 is 35.6 Å². The highest BCUT2D eigenvalue weighted by Gasteiger charge is 2.79. The lowest BCUT2D eigenvalue weighted by molar-refractivity contribution is -0.366. The minimum Gasteiger partial charge on any atom is -0.456 e. The van der Waals surface area contributed by atoms with E-state index in [1.807, 2.05) is 0 Å². The molecule has 5 aliphatic rings. The Morgan fingerprint density at radius 1 is 0.882 bits per heavy atom. The number of rotatable bonds is 13. The number of nitrogens with one attached hydrogen (secondary N) is 1. The lowest BCUT2D eigenvalue weighted by Crippen LogP contribution is -2.82. The van der Waals surface area contributed by atoms with Gasteiger partial charge < -0.3 is 64.0 Å². The zero-order valence-corrected chi connectivity index (χ0v) is 39.0. The first-order chi connectivity index (χ1) is 32.0. The molecule has 68 heavy (non-hydrogen) atoms. The quantitative estimate of drug-likeness (QED) is 0.0947. The van der Waals surface area contributed by atoms with Crippen molar-refractivity contribution in [2.45, 2.75) is 153 Å². The number of aliphatic hydroxyl groups is 5. The van der Waals surface area contributed by atoms with Crippen LogP contribution in [0, 0.1) is 16.7 Å². The molecule has 3 aliphatic carbocycles. The summed E-state index contributed by atoms with van der Waals surface area (Å²) >= 11 is 0. The molecule has 2 saturated carbocycles. The van der Waals surface area contributed by atoms with Gasteiger partial charge in [0.1, 0.15) is 42.2 Å². The van der Waals surface area contributed by atoms with Crippen molar-refractivity contribution in [3.8, 4) is 0 Å². The van der Waals surface area contributed by atoms with Crippen molar-refractivity contribution in [3.63, 3.8) is 0 Å². The molecule has 2 aromatic rings. The third kappa shape index (κ3) is 8.76. The molecule has 2 bridgehead atoms. The lowest BCUT2D eigenvalue weighted by atomic mass is 9.44. The number of esters is 4. The molecule has 19 heteroatoms. The fourth-order valence-electron chi connectivity index (χ4n) is 11.1. The molecule has 15 atom stereocenters. The fourth-order valence-corrected chi connectivity index (χ4v) is 11.1. The summed E-state index contributed by atoms with van der Waals surface area (Å²) in [6.07, 6.45) is -17.2. The number of aliphatic hydroxyl groups excluding tert-OH is 4. The van der Waals surface area contributed by atoms with Crippen LogP contribution in [0.3, 0.4) is 0 Å². The van der Waals surface area contributed by atoms with Gasteiger partial charge in [0.25, 0.3) is 0 Å². The maximum Gasteiger partial charge on any atom is 0.338 e. The number of fused-ring (bicyclic) bond motifs is 5. The largest absolute Gasteiger partial charge is 0.456 e. The van der Waals surface area contributed by atoms with E-state index >= 15 is 4.79 Å². The van der Waals surface area contributed by atoms with Crippen LogP contribution in [0.2, 0.25) is 0 Å². The summed E-state index contributed by atoms with van der Waals surface area (Å²) in [5, 5.41) is 60.5. The minimum atomic E-state index is -2.49. The molecular weight excluding hydrogens is 891 g/mol. The topological polar surface area (TPSA) is 280 Å². The maximum absolute atomic E-state index is 16.1. The monoisotopic (exact) mass is 951 g/mol. The molecule has 0 radical (unpaired) electrons. The van der Waals surface area contributed by atoms with Crippen LogP contribution >= 0.6 is 0 Å². The van der Waals surface area contributed by atoms with E-state index in [4.69, 9.17) is 33.2 Å². The Hall–Kier alpha value is -5.12. The summed E-state index contributed by atoms with van der Waals surface area (Å²) in [5.74, 6) is -7.06. The minimum absolute atomic E-state index is 0.0190. The molecule has 6 N–H and O–H groups in total. The summed E-state index contributed by atoms with van der Waals surface area (Å²) in [4.78, 5) is 84.6. The van der Waals surface area contributed by atoms with Gasteiger partial charge in [-0.1, -0.05) is 69.3 Å². The molecule has 7 rings (SSSR count). The van der Waals surface area contributed by atoms with Crippen molar-refractivity contribution in [1.29, 1.82) is 0 Å². The van der Waals surface area contributed by atoms with E-state index in [9.17, 15) is 49.5 Å². The van der Waals surface area contributed by atoms with Crippen LogP contribution in [0.25, 0.3) is 0 Å². The SMILES string of the molecule is CCCC(=O)N[C@@H](c1ccccc1)[C@@H](O)C(=O)O[C@H]1C[C@@]2(O)[C@@H](OC(=O)c3ccccc3)[C@@H]3[C@]4(OC(C)=O)CO[C@@H]4C[C@H](O[C@H]4OC[C@H](O)[C@@H](O)[C@@H]4O)[C@@]3(C)C(=O)[C@H](OC(C)=O)C(=C1C)C2(C)C. The predicted molar refractivity (Wildman–Crippen MR) is 233 cm³/mol. The first-order valence-electron chi connectivity index (χ1n) is 22.8. The highest BCUT2D eigenvalue weighted by atomic mass is 16.7. The van der Waals surface area contributed by atoms with E-state index in [-0.39, 0.29) is 29.6 Å². The second-order valence-corrected chi connectivity index (χ2v) is 19.2. The Bertz CT molecular complexity index is 2290. The second-order valence-electron chi connectivity index (χ2n) is 19.2. The molecule has 2 aliphatic heterocycles. The van der Waals surface area contributed by atoms with Crippen LogP contribution in [0.5, 0.6) is 0 Å². The van der Waals surface area contributed by atoms with E-state index in [2.05, 4.69) is 5.32 Å². The number of ether oxygens (including phenoxy) is 7. The fraction of sp³-hybridized carbons (Fsp3) is 0.592. The lowest BCUT2D eigenvalue weighted by Gasteiger charge is -2.68. The number of hydrogen-bond acceptors (Lipinski definition) is 18. The number of carbonyl (C=O) groups is 6. The van der Waals surface area contributed by atoms with Crippen LogP contribution in [0.15, 0.2) is 71.8 Å². The second kappa shape index (κ2) is 19.3. The van der Waals surface area contributed by atoms with E-state index in [0.717, 1.165) is 13.8 Å². The van der Waals surface area contributed by atoms with Gasteiger partial charge in [0.2, 0.25) is 5.91 Å². The Kier molecular flexibility index (Phi) is 14.4. The number of ketones is 1. The average Bonchev–Trinajstić information content (AvgIpc) is 3.28. The molecule has 0 spiro atoms. The van der Waals surface area contributed by atoms with Gasteiger partial charge in [-0.15, -0.1) is 0 Å². The molecule has 1 amide bonds. The highest BCUT2D eigenvalue weighted by molar-refractivity contribution is 5.95. The number of hydrogen-bond donors (Lipinski definition) is 6. The van der Waals surface area contributed by atoms with Crippen LogP contribution in [-0.4, -0.2) is 147 Å². The third-order valence-electron chi connectivity index (χ3n) is 14.7. The molecule has 2 heterocycles. The molecular formula is C49H61NO18. The zero-order chi connectivity index (χ0) is 49.7. The Morgan fingerprint density at radius 3 is 2.12 bits per heavy atom. The van der Waals surface area contributed by atoms with Gasteiger partial charge in [-0.05, 0) is 49.1 Å². The molecule has 4 fully saturated rings. The number of Topliss-reactive ketones (excluding diaryl/α,β-unsaturated/α-hetero) is 1. The Balaban J connectivity index is 1.44. The first-order valence-corrected chi connectivity index (χ1v) is 22.8. The summed E-state index contributed by atoms with van der Waals surface area (Å²) in [6.45, 7) is 9.06. The van der Waals surface area contributed by atoms with E-state index in [1.165, 1.54) is 39.8 Å². The summed E-state index contributed by atoms with van der Waals surface area (Å²) in [6, 6.07) is 14.7. The van der Waals surface area contributed by atoms with Crippen molar-refractivity contribution in [2.24, 2.45) is 16.7 Å². The molecule has 2 aromatic carbocycles. The normalized spacial score (nSPS) is 35.9. The molecule has 0 unspecified atom stereocenters.